The van der Waals surface area contributed by atoms with Gasteiger partial charge < -0.3 is 5.11 Å². The van der Waals surface area contributed by atoms with Gasteiger partial charge in [0.2, 0.25) is 0 Å². The molecule has 0 spiro atoms. The summed E-state index contributed by atoms with van der Waals surface area (Å²) in [7, 11) is 0. The Morgan fingerprint density at radius 3 is 2.80 bits per heavy atom. The number of hydrogen-bond donors (Lipinski definition) is 1. The molecule has 0 radical (unpaired) electrons. The Labute approximate surface area is 91.8 Å². The highest BCUT2D eigenvalue weighted by molar-refractivity contribution is 7.20. The zero-order valence-corrected chi connectivity index (χ0v) is 9.30. The Bertz CT molecular complexity index is 543. The van der Waals surface area contributed by atoms with Crippen LogP contribution >= 0.6 is 11.3 Å². The average Bonchev–Trinajstić information content (AvgIpc) is 2.24. The van der Waals surface area contributed by atoms with E-state index in [2.05, 4.69) is 0 Å². The first-order valence-electron chi connectivity index (χ1n) is 4.97. The van der Waals surface area contributed by atoms with Crippen molar-refractivity contribution >= 4 is 21.4 Å². The molecule has 0 amide bonds. The molecule has 15 heavy (non-hydrogen) atoms. The molecule has 0 atom stereocenters. The fourth-order valence-corrected chi connectivity index (χ4v) is 2.58. The summed E-state index contributed by atoms with van der Waals surface area (Å²) in [6.07, 6.45) is 1.51. The first kappa shape index (κ1) is 10.2. The Hall–Kier alpha value is -1.35. The van der Waals surface area contributed by atoms with E-state index in [4.69, 9.17) is 0 Å². The molecule has 0 saturated heterocycles. The Kier molecular flexibility index (Phi) is 2.73. The lowest BCUT2D eigenvalue weighted by atomic mass is 10.1. The van der Waals surface area contributed by atoms with Crippen molar-refractivity contribution in [1.29, 1.82) is 0 Å². The van der Waals surface area contributed by atoms with Crippen molar-refractivity contribution in [2.45, 2.75) is 19.8 Å². The second-order valence-corrected chi connectivity index (χ2v) is 4.49. The van der Waals surface area contributed by atoms with Crippen LogP contribution in [0.4, 0.5) is 0 Å². The third kappa shape index (κ3) is 1.75. The van der Waals surface area contributed by atoms with E-state index >= 15 is 0 Å². The van der Waals surface area contributed by atoms with Gasteiger partial charge in [-0.1, -0.05) is 36.8 Å². The third-order valence-electron chi connectivity index (χ3n) is 2.37. The van der Waals surface area contributed by atoms with Crippen LogP contribution in [0.1, 0.15) is 18.9 Å². The minimum atomic E-state index is -0.0244. The standard InChI is InChI=1S/C12H12O2S/c1-2-5-9-11(13)8-6-3-4-7-10(8)15-12(9)14/h3-4,6-7,14H,2,5H2,1H3. The fourth-order valence-electron chi connectivity index (χ4n) is 1.64. The second-order valence-electron chi connectivity index (χ2n) is 3.46. The SMILES string of the molecule is CCCc1c(O)sc2ccccc2c1=O. The molecular formula is C12H12O2S. The van der Waals surface area contributed by atoms with Gasteiger partial charge in [-0.2, -0.15) is 0 Å². The quantitative estimate of drug-likeness (QED) is 0.845. The van der Waals surface area contributed by atoms with Crippen molar-refractivity contribution in [3.8, 4) is 5.06 Å². The fraction of sp³-hybridized carbons (Fsp3) is 0.250. The van der Waals surface area contributed by atoms with Gasteiger partial charge in [-0.15, -0.1) is 0 Å². The molecule has 0 unspecified atom stereocenters. The number of aromatic hydroxyl groups is 1. The zero-order valence-electron chi connectivity index (χ0n) is 8.49. The lowest BCUT2D eigenvalue weighted by molar-refractivity contribution is 0.482. The average molecular weight is 220 g/mol. The smallest absolute Gasteiger partial charge is 0.195 e. The summed E-state index contributed by atoms with van der Waals surface area (Å²) < 4.78 is 0.847. The van der Waals surface area contributed by atoms with E-state index in [1.54, 1.807) is 0 Å². The molecule has 1 aromatic carbocycles. The summed E-state index contributed by atoms with van der Waals surface area (Å²) in [6, 6.07) is 7.39. The molecule has 0 aliphatic carbocycles. The predicted octanol–water partition coefficient (Wildman–Crippen LogP) is 2.92. The van der Waals surface area contributed by atoms with Crippen LogP contribution in [0.2, 0.25) is 0 Å². The molecule has 0 aliphatic rings. The van der Waals surface area contributed by atoms with E-state index in [0.717, 1.165) is 11.1 Å². The molecule has 0 fully saturated rings. The van der Waals surface area contributed by atoms with Crippen LogP contribution in [-0.2, 0) is 6.42 Å². The van der Waals surface area contributed by atoms with Gasteiger partial charge in [-0.3, -0.25) is 4.79 Å². The summed E-state index contributed by atoms with van der Waals surface area (Å²) >= 11 is 1.28. The van der Waals surface area contributed by atoms with Gasteiger partial charge in [0.05, 0.1) is 5.56 Å². The van der Waals surface area contributed by atoms with Crippen LogP contribution in [0.25, 0.3) is 10.1 Å². The van der Waals surface area contributed by atoms with Crippen molar-refractivity contribution in [1.82, 2.24) is 0 Å². The molecule has 1 heterocycles. The predicted molar refractivity (Wildman–Crippen MR) is 63.8 cm³/mol. The lowest BCUT2D eigenvalue weighted by Crippen LogP contribution is -2.07. The first-order valence-corrected chi connectivity index (χ1v) is 5.79. The Balaban J connectivity index is 2.78. The van der Waals surface area contributed by atoms with Gasteiger partial charge in [0.1, 0.15) is 0 Å². The van der Waals surface area contributed by atoms with Crippen LogP contribution in [0.15, 0.2) is 29.1 Å². The molecule has 3 heteroatoms. The molecule has 1 aromatic heterocycles. The van der Waals surface area contributed by atoms with Gasteiger partial charge in [0, 0.05) is 10.1 Å². The minimum absolute atomic E-state index is 0.0244. The van der Waals surface area contributed by atoms with Gasteiger partial charge in [-0.25, -0.2) is 0 Å². The second kappa shape index (κ2) is 4.03. The van der Waals surface area contributed by atoms with Crippen LogP contribution < -0.4 is 5.43 Å². The maximum absolute atomic E-state index is 12.0. The van der Waals surface area contributed by atoms with Crippen molar-refractivity contribution in [3.05, 3.63) is 40.1 Å². The maximum Gasteiger partial charge on any atom is 0.195 e. The van der Waals surface area contributed by atoms with E-state index in [9.17, 15) is 9.90 Å². The molecular weight excluding hydrogens is 208 g/mol. The summed E-state index contributed by atoms with van der Waals surface area (Å²) in [5, 5.41) is 10.6. The molecule has 0 aliphatic heterocycles. The first-order chi connectivity index (χ1) is 7.24. The van der Waals surface area contributed by atoms with E-state index in [0.29, 0.717) is 17.4 Å². The van der Waals surface area contributed by atoms with E-state index in [1.165, 1.54) is 11.3 Å². The summed E-state index contributed by atoms with van der Waals surface area (Å²) in [5.74, 6) is 0. The van der Waals surface area contributed by atoms with Gasteiger partial charge >= 0.3 is 0 Å². The normalized spacial score (nSPS) is 10.7. The van der Waals surface area contributed by atoms with Crippen molar-refractivity contribution in [2.75, 3.05) is 0 Å². The van der Waals surface area contributed by atoms with Crippen LogP contribution in [0.3, 0.4) is 0 Å². The van der Waals surface area contributed by atoms with Crippen LogP contribution in [-0.4, -0.2) is 5.11 Å². The van der Waals surface area contributed by atoms with E-state index < -0.39 is 0 Å². The van der Waals surface area contributed by atoms with Crippen molar-refractivity contribution in [3.63, 3.8) is 0 Å². The molecule has 0 saturated carbocycles. The number of benzene rings is 1. The molecule has 1 N–H and O–H groups in total. The van der Waals surface area contributed by atoms with E-state index in [1.807, 2.05) is 31.2 Å². The molecule has 2 nitrogen and oxygen atoms in total. The minimum Gasteiger partial charge on any atom is -0.499 e. The Morgan fingerprint density at radius 2 is 2.07 bits per heavy atom. The van der Waals surface area contributed by atoms with E-state index in [-0.39, 0.29) is 10.5 Å². The highest BCUT2D eigenvalue weighted by Gasteiger charge is 2.10. The number of rotatable bonds is 2. The number of fused-ring (bicyclic) bond motifs is 1. The summed E-state index contributed by atoms with van der Waals surface area (Å²) in [4.78, 5) is 12.0. The number of hydrogen-bond acceptors (Lipinski definition) is 3. The molecule has 0 bridgehead atoms. The molecule has 78 valence electrons. The largest absolute Gasteiger partial charge is 0.499 e. The van der Waals surface area contributed by atoms with Crippen molar-refractivity contribution in [2.24, 2.45) is 0 Å². The Morgan fingerprint density at radius 1 is 1.33 bits per heavy atom. The lowest BCUT2D eigenvalue weighted by Gasteiger charge is -2.03. The monoisotopic (exact) mass is 220 g/mol. The van der Waals surface area contributed by atoms with Gasteiger partial charge in [0.25, 0.3) is 0 Å². The highest BCUT2D eigenvalue weighted by Crippen LogP contribution is 2.27. The zero-order chi connectivity index (χ0) is 10.8. The van der Waals surface area contributed by atoms with Crippen LogP contribution in [0.5, 0.6) is 5.06 Å². The van der Waals surface area contributed by atoms with Crippen LogP contribution in [0, 0.1) is 0 Å². The van der Waals surface area contributed by atoms with Gasteiger partial charge in [0.15, 0.2) is 10.5 Å². The highest BCUT2D eigenvalue weighted by atomic mass is 32.1. The van der Waals surface area contributed by atoms with Gasteiger partial charge in [-0.05, 0) is 18.6 Å². The third-order valence-corrected chi connectivity index (χ3v) is 3.39. The summed E-state index contributed by atoms with van der Waals surface area (Å²) in [6.45, 7) is 2.00. The van der Waals surface area contributed by atoms with Crippen molar-refractivity contribution < 1.29 is 5.11 Å². The topological polar surface area (TPSA) is 37.3 Å². The molecule has 2 aromatic rings. The summed E-state index contributed by atoms with van der Waals surface area (Å²) in [5.41, 5.74) is 0.532. The molecule has 2 rings (SSSR count). The maximum atomic E-state index is 12.0.